The second kappa shape index (κ2) is 7.78. The van der Waals surface area contributed by atoms with Gasteiger partial charge in [0.2, 0.25) is 0 Å². The second-order valence-corrected chi connectivity index (χ2v) is 6.30. The van der Waals surface area contributed by atoms with Gasteiger partial charge in [-0.25, -0.2) is 0 Å². The van der Waals surface area contributed by atoms with Crippen LogP contribution in [0.25, 0.3) is 0 Å². The van der Waals surface area contributed by atoms with E-state index in [1.54, 1.807) is 11.8 Å². The van der Waals surface area contributed by atoms with Crippen LogP contribution in [0, 0.1) is 0 Å². The number of carbonyl (C=O) groups excluding carboxylic acids is 1. The molecule has 0 fully saturated rings. The zero-order chi connectivity index (χ0) is 15.2. The number of nitrogens with zero attached hydrogens (tertiary/aromatic N) is 1. The van der Waals surface area contributed by atoms with Crippen molar-refractivity contribution in [3.05, 3.63) is 29.8 Å². The molecule has 0 unspecified atom stereocenters. The second-order valence-electron chi connectivity index (χ2n) is 5.13. The molecule has 0 aliphatic carbocycles. The first-order valence-corrected chi connectivity index (χ1v) is 7.62. The molecule has 20 heavy (non-hydrogen) atoms. The molecular weight excluding hydrogens is 274 g/mol. The smallest absolute Gasteiger partial charge is 0.182 e. The van der Waals surface area contributed by atoms with Gasteiger partial charge in [0.05, 0.1) is 18.8 Å². The molecule has 0 bridgehead atoms. The Morgan fingerprint density at radius 3 is 2.30 bits per heavy atom. The maximum absolute atomic E-state index is 12.5. The molecule has 0 saturated heterocycles. The van der Waals surface area contributed by atoms with E-state index in [0.717, 1.165) is 4.90 Å². The summed E-state index contributed by atoms with van der Waals surface area (Å²) in [5, 5.41) is 17.8. The van der Waals surface area contributed by atoms with Crippen molar-refractivity contribution >= 4 is 17.5 Å². The number of β-amino-alcohol motifs (C(OH)–C–C–N with tert-alkyl or cyclic N) is 1. The molecule has 1 rings (SSSR count). The summed E-state index contributed by atoms with van der Waals surface area (Å²) in [4.78, 5) is 15.4. The zero-order valence-electron chi connectivity index (χ0n) is 12.3. The van der Waals surface area contributed by atoms with Crippen molar-refractivity contribution in [2.24, 2.45) is 0 Å². The highest BCUT2D eigenvalue weighted by Gasteiger charge is 2.32. The van der Waals surface area contributed by atoms with Crippen LogP contribution in [0.2, 0.25) is 0 Å². The molecule has 1 aromatic rings. The predicted molar refractivity (Wildman–Crippen MR) is 82.4 cm³/mol. The van der Waals surface area contributed by atoms with Crippen molar-refractivity contribution in [3.63, 3.8) is 0 Å². The average molecular weight is 297 g/mol. The maximum atomic E-state index is 12.5. The fourth-order valence-corrected chi connectivity index (χ4v) is 2.48. The molecule has 0 aromatic heterocycles. The summed E-state index contributed by atoms with van der Waals surface area (Å²) in [7, 11) is 1.83. The molecule has 0 saturated carbocycles. The van der Waals surface area contributed by atoms with E-state index in [2.05, 4.69) is 0 Å². The van der Waals surface area contributed by atoms with E-state index in [1.807, 2.05) is 50.1 Å². The van der Waals surface area contributed by atoms with E-state index in [4.69, 9.17) is 10.2 Å². The Morgan fingerprint density at radius 1 is 1.20 bits per heavy atom. The number of likely N-dealkylation sites (N-methyl/N-ethyl adjacent to an activating group) is 1. The number of hydrogen-bond donors (Lipinski definition) is 2. The summed E-state index contributed by atoms with van der Waals surface area (Å²) in [6, 6.07) is 7.43. The maximum Gasteiger partial charge on any atom is 0.182 e. The Kier molecular flexibility index (Phi) is 6.68. The van der Waals surface area contributed by atoms with Crippen LogP contribution in [-0.2, 0) is 0 Å². The third-order valence-electron chi connectivity index (χ3n) is 3.42. The largest absolute Gasteiger partial charge is 0.396 e. The molecule has 112 valence electrons. The molecule has 0 atom stereocenters. The van der Waals surface area contributed by atoms with E-state index in [-0.39, 0.29) is 19.0 Å². The van der Waals surface area contributed by atoms with Crippen LogP contribution in [0.5, 0.6) is 0 Å². The molecule has 2 N–H and O–H groups in total. The fraction of sp³-hybridized carbons (Fsp3) is 0.533. The van der Waals surface area contributed by atoms with Gasteiger partial charge >= 0.3 is 0 Å². The third kappa shape index (κ3) is 4.31. The molecule has 0 amide bonds. The van der Waals surface area contributed by atoms with Crippen molar-refractivity contribution in [2.45, 2.75) is 24.3 Å². The first-order valence-electron chi connectivity index (χ1n) is 6.64. The summed E-state index contributed by atoms with van der Waals surface area (Å²) in [6.07, 6.45) is 0. The molecule has 0 radical (unpaired) electrons. The van der Waals surface area contributed by atoms with Gasteiger partial charge in [-0.15, -0.1) is 11.8 Å². The summed E-state index contributed by atoms with van der Waals surface area (Å²) >= 11 is 1.56. The Morgan fingerprint density at radius 2 is 1.80 bits per heavy atom. The first-order chi connectivity index (χ1) is 9.43. The minimum absolute atomic E-state index is 0.0317. The highest BCUT2D eigenvalue weighted by molar-refractivity contribution is 7.99. The minimum Gasteiger partial charge on any atom is -0.396 e. The molecule has 5 heteroatoms. The average Bonchev–Trinajstić information content (AvgIpc) is 2.45. The van der Waals surface area contributed by atoms with E-state index in [0.29, 0.717) is 17.9 Å². The molecule has 1 aromatic carbocycles. The van der Waals surface area contributed by atoms with Gasteiger partial charge in [-0.2, -0.15) is 0 Å². The standard InChI is InChI=1S/C15H23NO3S/c1-15(2,16(3)8-9-17)14(19)12-4-6-13(7-5-12)20-11-10-18/h4-7,17-18H,8-11H2,1-3H3. The van der Waals surface area contributed by atoms with Gasteiger partial charge in [-0.05, 0) is 33.0 Å². The monoisotopic (exact) mass is 297 g/mol. The van der Waals surface area contributed by atoms with E-state index < -0.39 is 5.54 Å². The lowest BCUT2D eigenvalue weighted by Gasteiger charge is -2.33. The van der Waals surface area contributed by atoms with Crippen LogP contribution in [-0.4, -0.2) is 59.0 Å². The number of aliphatic hydroxyl groups excluding tert-OH is 2. The van der Waals surface area contributed by atoms with E-state index in [1.165, 1.54) is 0 Å². The molecule has 0 aliphatic heterocycles. The Labute approximate surface area is 124 Å². The SMILES string of the molecule is CN(CCO)C(C)(C)C(=O)c1ccc(SCCO)cc1. The van der Waals surface area contributed by atoms with Gasteiger partial charge in [-0.3, -0.25) is 9.69 Å². The zero-order valence-corrected chi connectivity index (χ0v) is 13.1. The summed E-state index contributed by atoms with van der Waals surface area (Å²) in [6.45, 7) is 4.36. The number of benzene rings is 1. The lowest BCUT2D eigenvalue weighted by molar-refractivity contribution is 0.0666. The topological polar surface area (TPSA) is 60.8 Å². The molecule has 0 spiro atoms. The molecular formula is C15H23NO3S. The van der Waals surface area contributed by atoms with Crippen molar-refractivity contribution in [1.82, 2.24) is 4.90 Å². The third-order valence-corrected chi connectivity index (χ3v) is 4.41. The number of carbonyl (C=O) groups is 1. The quantitative estimate of drug-likeness (QED) is 0.564. The van der Waals surface area contributed by atoms with Gasteiger partial charge < -0.3 is 10.2 Å². The lowest BCUT2D eigenvalue weighted by Crippen LogP contribution is -2.49. The number of aliphatic hydroxyl groups is 2. The predicted octanol–water partition coefficient (Wildman–Crippen LogP) is 1.66. The normalized spacial score (nSPS) is 11.9. The van der Waals surface area contributed by atoms with Crippen molar-refractivity contribution in [1.29, 1.82) is 0 Å². The molecule has 4 nitrogen and oxygen atoms in total. The van der Waals surface area contributed by atoms with Gasteiger partial charge in [0.1, 0.15) is 0 Å². The van der Waals surface area contributed by atoms with Crippen LogP contribution >= 0.6 is 11.8 Å². The number of thioether (sulfide) groups is 1. The first kappa shape index (κ1) is 17.2. The minimum atomic E-state index is -0.650. The van der Waals surface area contributed by atoms with Crippen molar-refractivity contribution < 1.29 is 15.0 Å². The fourth-order valence-electron chi connectivity index (χ4n) is 1.82. The van der Waals surface area contributed by atoms with Crippen LogP contribution in [0.4, 0.5) is 0 Å². The number of rotatable bonds is 8. The summed E-state index contributed by atoms with van der Waals surface area (Å²) in [5.41, 5.74) is 0.0100. The lowest BCUT2D eigenvalue weighted by atomic mass is 9.91. The van der Waals surface area contributed by atoms with Crippen molar-refractivity contribution in [2.75, 3.05) is 32.6 Å². The summed E-state index contributed by atoms with van der Waals surface area (Å²) in [5.74, 6) is 0.685. The van der Waals surface area contributed by atoms with Crippen LogP contribution in [0.3, 0.4) is 0 Å². The van der Waals surface area contributed by atoms with Gasteiger partial charge in [-0.1, -0.05) is 12.1 Å². The molecule has 0 heterocycles. The Bertz CT molecular complexity index is 431. The van der Waals surface area contributed by atoms with Crippen LogP contribution in [0.1, 0.15) is 24.2 Å². The van der Waals surface area contributed by atoms with Gasteiger partial charge in [0.25, 0.3) is 0 Å². The van der Waals surface area contributed by atoms with Crippen LogP contribution < -0.4 is 0 Å². The number of hydrogen-bond acceptors (Lipinski definition) is 5. The van der Waals surface area contributed by atoms with Crippen LogP contribution in [0.15, 0.2) is 29.2 Å². The highest BCUT2D eigenvalue weighted by atomic mass is 32.2. The number of ketones is 1. The van der Waals surface area contributed by atoms with Gasteiger partial charge in [0, 0.05) is 22.8 Å². The highest BCUT2D eigenvalue weighted by Crippen LogP contribution is 2.22. The Hall–Kier alpha value is -0.880. The van der Waals surface area contributed by atoms with Crippen molar-refractivity contribution in [3.8, 4) is 0 Å². The van der Waals surface area contributed by atoms with E-state index >= 15 is 0 Å². The number of Topliss-reactive ketones (excluding diaryl/α,β-unsaturated/α-hetero) is 1. The Balaban J connectivity index is 2.81. The van der Waals surface area contributed by atoms with E-state index in [9.17, 15) is 4.79 Å². The molecule has 0 aliphatic rings. The van der Waals surface area contributed by atoms with Gasteiger partial charge in [0.15, 0.2) is 5.78 Å². The summed E-state index contributed by atoms with van der Waals surface area (Å²) < 4.78 is 0.